The number of carbonyl (C=O) groups excluding carboxylic acids is 1. The van der Waals surface area contributed by atoms with E-state index in [1.165, 1.54) is 11.3 Å². The first-order valence-electron chi connectivity index (χ1n) is 8.47. The smallest absolute Gasteiger partial charge is 0.230 e. The van der Waals surface area contributed by atoms with Gasteiger partial charge >= 0.3 is 0 Å². The van der Waals surface area contributed by atoms with Crippen LogP contribution in [-0.2, 0) is 11.2 Å². The summed E-state index contributed by atoms with van der Waals surface area (Å²) in [6.45, 7) is 0.706. The summed E-state index contributed by atoms with van der Waals surface area (Å²) in [6, 6.07) is 8.04. The number of methoxy groups -OCH3 is 2. The number of ether oxygens (including phenoxy) is 2. The highest BCUT2D eigenvalue weighted by Crippen LogP contribution is 2.53. The van der Waals surface area contributed by atoms with E-state index in [0.717, 1.165) is 29.9 Å². The number of piperidine rings is 1. The average molecular weight is 355 g/mol. The predicted molar refractivity (Wildman–Crippen MR) is 98.9 cm³/mol. The third-order valence-electron chi connectivity index (χ3n) is 5.00. The molecule has 0 spiro atoms. The molecule has 2 aliphatic rings. The average Bonchev–Trinajstić information content (AvgIpc) is 3.18. The lowest BCUT2D eigenvalue weighted by Gasteiger charge is -2.21. The van der Waals surface area contributed by atoms with Gasteiger partial charge in [0, 0.05) is 24.1 Å². The van der Waals surface area contributed by atoms with Gasteiger partial charge < -0.3 is 14.4 Å². The summed E-state index contributed by atoms with van der Waals surface area (Å²) in [5.41, 5.74) is 3.52. The molecule has 0 N–H and O–H groups in total. The summed E-state index contributed by atoms with van der Waals surface area (Å²) in [7, 11) is 3.27. The molecule has 1 aromatic carbocycles. The Kier molecular flexibility index (Phi) is 4.25. The first-order valence-corrected chi connectivity index (χ1v) is 9.41. The molecule has 4 nitrogen and oxygen atoms in total. The maximum atomic E-state index is 12.6. The Morgan fingerprint density at radius 3 is 2.76 bits per heavy atom. The maximum absolute atomic E-state index is 12.6. The minimum atomic E-state index is 0.218. The van der Waals surface area contributed by atoms with E-state index in [9.17, 15) is 4.79 Å². The highest BCUT2D eigenvalue weighted by Gasteiger charge is 2.55. The zero-order valence-electron chi connectivity index (χ0n) is 14.4. The quantitative estimate of drug-likeness (QED) is 0.790. The molecule has 0 bridgehead atoms. The van der Waals surface area contributed by atoms with E-state index in [4.69, 9.17) is 9.47 Å². The lowest BCUT2D eigenvalue weighted by molar-refractivity contribution is -0.128. The van der Waals surface area contributed by atoms with E-state index in [0.29, 0.717) is 12.5 Å². The van der Waals surface area contributed by atoms with Crippen LogP contribution in [0.25, 0.3) is 6.08 Å². The molecule has 2 atom stereocenters. The second-order valence-electron chi connectivity index (χ2n) is 6.50. The fourth-order valence-electron chi connectivity index (χ4n) is 3.55. The Bertz CT molecular complexity index is 812. The lowest BCUT2D eigenvalue weighted by atomic mass is 10.1. The fraction of sp³-hybridized carbons (Fsp3) is 0.350. The van der Waals surface area contributed by atoms with Crippen molar-refractivity contribution in [1.82, 2.24) is 4.90 Å². The van der Waals surface area contributed by atoms with Crippen LogP contribution in [-0.4, -0.2) is 31.6 Å². The van der Waals surface area contributed by atoms with E-state index in [1.54, 1.807) is 25.6 Å². The summed E-state index contributed by atoms with van der Waals surface area (Å²) < 4.78 is 10.7. The molecular formula is C20H21NO3S. The second kappa shape index (κ2) is 6.56. The van der Waals surface area contributed by atoms with Crippen molar-refractivity contribution in [2.75, 3.05) is 20.8 Å². The number of hydrogen-bond donors (Lipinski definition) is 0. The zero-order valence-corrected chi connectivity index (χ0v) is 15.2. The van der Waals surface area contributed by atoms with Gasteiger partial charge in [-0.05, 0) is 59.0 Å². The summed E-state index contributed by atoms with van der Waals surface area (Å²) in [6.07, 6.45) is 3.99. The summed E-state index contributed by atoms with van der Waals surface area (Å²) in [5.74, 6) is 2.38. The number of allylic oxidation sites excluding steroid dienone is 1. The molecule has 0 radical (unpaired) electrons. The van der Waals surface area contributed by atoms with Crippen LogP contribution in [0, 0.1) is 11.8 Å². The van der Waals surface area contributed by atoms with Crippen molar-refractivity contribution in [3.8, 4) is 11.5 Å². The van der Waals surface area contributed by atoms with Crippen LogP contribution in [0.2, 0.25) is 0 Å². The van der Waals surface area contributed by atoms with Crippen LogP contribution in [0.3, 0.4) is 0 Å². The van der Waals surface area contributed by atoms with E-state index >= 15 is 0 Å². The van der Waals surface area contributed by atoms with Crippen molar-refractivity contribution < 1.29 is 14.3 Å². The van der Waals surface area contributed by atoms with Crippen molar-refractivity contribution in [3.63, 3.8) is 0 Å². The summed E-state index contributed by atoms with van der Waals surface area (Å²) in [4.78, 5) is 14.6. The Labute approximate surface area is 151 Å². The van der Waals surface area contributed by atoms with Gasteiger partial charge in [-0.1, -0.05) is 6.07 Å². The molecule has 130 valence electrons. The first kappa shape index (κ1) is 16.2. The number of nitrogens with zero attached hydrogens (tertiary/aromatic N) is 1. The number of benzene rings is 1. The van der Waals surface area contributed by atoms with Gasteiger partial charge in [0.2, 0.25) is 5.91 Å². The molecule has 4 rings (SSSR count). The normalized spacial score (nSPS) is 23.0. The number of thiophene rings is 1. The summed E-state index contributed by atoms with van der Waals surface area (Å²) >= 11 is 1.68. The molecule has 1 saturated heterocycles. The van der Waals surface area contributed by atoms with Gasteiger partial charge in [0.05, 0.1) is 14.2 Å². The van der Waals surface area contributed by atoms with Gasteiger partial charge in [0.15, 0.2) is 11.5 Å². The van der Waals surface area contributed by atoms with Crippen molar-refractivity contribution in [2.45, 2.75) is 12.8 Å². The van der Waals surface area contributed by atoms with Crippen molar-refractivity contribution in [1.29, 1.82) is 0 Å². The van der Waals surface area contributed by atoms with Gasteiger partial charge in [-0.15, -0.1) is 0 Å². The van der Waals surface area contributed by atoms with Crippen LogP contribution >= 0.6 is 11.3 Å². The van der Waals surface area contributed by atoms with Gasteiger partial charge in [-0.3, -0.25) is 4.79 Å². The third kappa shape index (κ3) is 3.04. The predicted octanol–water partition coefficient (Wildman–Crippen LogP) is 3.83. The number of likely N-dealkylation sites (tertiary alicyclic amines) is 1. The first-order chi connectivity index (χ1) is 12.2. The van der Waals surface area contributed by atoms with Crippen LogP contribution in [0.1, 0.15) is 17.5 Å². The summed E-state index contributed by atoms with van der Waals surface area (Å²) in [5, 5.41) is 4.20. The Morgan fingerprint density at radius 2 is 2.04 bits per heavy atom. The highest BCUT2D eigenvalue weighted by atomic mass is 32.1. The Morgan fingerprint density at radius 1 is 1.20 bits per heavy atom. The molecule has 5 heteroatoms. The van der Waals surface area contributed by atoms with Crippen LogP contribution < -0.4 is 9.47 Å². The number of rotatable bonds is 6. The van der Waals surface area contributed by atoms with Crippen molar-refractivity contribution >= 4 is 23.3 Å². The van der Waals surface area contributed by atoms with Crippen LogP contribution in [0.5, 0.6) is 11.5 Å². The van der Waals surface area contributed by atoms with Gasteiger partial charge in [0.1, 0.15) is 0 Å². The lowest BCUT2D eigenvalue weighted by Crippen LogP contribution is -2.29. The van der Waals surface area contributed by atoms with Gasteiger partial charge in [-0.2, -0.15) is 11.3 Å². The second-order valence-corrected chi connectivity index (χ2v) is 7.28. The van der Waals surface area contributed by atoms with E-state index in [1.807, 2.05) is 23.1 Å². The van der Waals surface area contributed by atoms with E-state index < -0.39 is 0 Å². The molecule has 1 aliphatic heterocycles. The highest BCUT2D eigenvalue weighted by molar-refractivity contribution is 7.08. The molecule has 2 unspecified atom stereocenters. The van der Waals surface area contributed by atoms with E-state index in [2.05, 4.69) is 22.9 Å². The molecule has 1 aromatic heterocycles. The van der Waals surface area contributed by atoms with Crippen LogP contribution in [0.4, 0.5) is 0 Å². The number of amides is 1. The van der Waals surface area contributed by atoms with Crippen molar-refractivity contribution in [3.05, 3.63) is 51.8 Å². The molecular weight excluding hydrogens is 334 g/mol. The molecule has 1 saturated carbocycles. The van der Waals surface area contributed by atoms with Gasteiger partial charge in [0.25, 0.3) is 0 Å². The van der Waals surface area contributed by atoms with E-state index in [-0.39, 0.29) is 11.8 Å². The van der Waals surface area contributed by atoms with Crippen molar-refractivity contribution in [2.24, 2.45) is 11.8 Å². The molecule has 2 heterocycles. The SMILES string of the molecule is COc1ccc(CCN2C(=O)C3CC3/C2=C/c2ccsc2)cc1OC. The monoisotopic (exact) mass is 355 g/mol. The Balaban J connectivity index is 1.51. The largest absolute Gasteiger partial charge is 0.493 e. The molecule has 1 amide bonds. The topological polar surface area (TPSA) is 38.8 Å². The van der Waals surface area contributed by atoms with Gasteiger partial charge in [-0.25, -0.2) is 0 Å². The zero-order chi connectivity index (χ0) is 17.4. The third-order valence-corrected chi connectivity index (χ3v) is 5.70. The van der Waals surface area contributed by atoms with Crippen LogP contribution in [0.15, 0.2) is 40.7 Å². The fourth-order valence-corrected chi connectivity index (χ4v) is 4.17. The number of hydrogen-bond acceptors (Lipinski definition) is 4. The molecule has 2 aromatic rings. The molecule has 1 aliphatic carbocycles. The number of carbonyl (C=O) groups is 1. The Hall–Kier alpha value is -2.27. The minimum absolute atomic E-state index is 0.218. The standard InChI is InChI=1S/C20H21NO3S/c1-23-18-4-3-13(10-19(18)24-2)5-7-21-17(9-14-6-8-25-12-14)15-11-16(15)20(21)22/h3-4,6,8-10,12,15-16H,5,7,11H2,1-2H3/b17-9-. The minimum Gasteiger partial charge on any atom is -0.493 e. The molecule has 25 heavy (non-hydrogen) atoms. The number of fused-ring (bicyclic) bond motifs is 1. The molecule has 2 fully saturated rings. The maximum Gasteiger partial charge on any atom is 0.230 e.